The van der Waals surface area contributed by atoms with Gasteiger partial charge in [0.25, 0.3) is 0 Å². The highest BCUT2D eigenvalue weighted by Gasteiger charge is 2.26. The molecule has 0 saturated heterocycles. The molecule has 33 heavy (non-hydrogen) atoms. The smallest absolute Gasteiger partial charge is 0.145 e. The van der Waals surface area contributed by atoms with Gasteiger partial charge in [-0.15, -0.1) is 0 Å². The summed E-state index contributed by atoms with van der Waals surface area (Å²) in [4.78, 5) is 7.92. The van der Waals surface area contributed by atoms with Crippen LogP contribution in [-0.4, -0.2) is 47.6 Å². The predicted molar refractivity (Wildman–Crippen MR) is 132 cm³/mol. The third-order valence-electron chi connectivity index (χ3n) is 5.59. The summed E-state index contributed by atoms with van der Waals surface area (Å²) in [7, 11) is 0. The Morgan fingerprint density at radius 1 is 1.09 bits per heavy atom. The van der Waals surface area contributed by atoms with Gasteiger partial charge in [0.15, 0.2) is 0 Å². The molecule has 3 aromatic rings. The largest absolute Gasteiger partial charge is 0.491 e. The fourth-order valence-electron chi connectivity index (χ4n) is 3.97. The lowest BCUT2D eigenvalue weighted by Gasteiger charge is -2.27. The van der Waals surface area contributed by atoms with Crippen LogP contribution in [0.5, 0.6) is 5.75 Å². The van der Waals surface area contributed by atoms with Crippen molar-refractivity contribution >= 4 is 17.3 Å². The highest BCUT2D eigenvalue weighted by Crippen LogP contribution is 2.20. The van der Waals surface area contributed by atoms with Crippen LogP contribution in [0.15, 0.2) is 84.0 Å². The Balaban J connectivity index is 1.38. The second-order valence-electron chi connectivity index (χ2n) is 8.39. The fraction of sp³-hybridized carbons (Fsp3) is 0.296. The molecule has 1 aliphatic heterocycles. The van der Waals surface area contributed by atoms with E-state index < -0.39 is 6.10 Å². The zero-order chi connectivity index (χ0) is 23.0. The molecular weight excluding hydrogens is 436 g/mol. The molecule has 0 amide bonds. The summed E-state index contributed by atoms with van der Waals surface area (Å²) < 4.78 is 5.86. The van der Waals surface area contributed by atoms with Gasteiger partial charge in [-0.1, -0.05) is 77.4 Å². The van der Waals surface area contributed by atoms with Crippen molar-refractivity contribution in [2.75, 3.05) is 19.7 Å². The molecule has 0 aromatic heterocycles. The number of aryl methyl sites for hydroxylation is 1. The van der Waals surface area contributed by atoms with Crippen molar-refractivity contribution in [2.45, 2.75) is 32.1 Å². The minimum absolute atomic E-state index is 0.0797. The molecule has 0 bridgehead atoms. The minimum atomic E-state index is -0.653. The summed E-state index contributed by atoms with van der Waals surface area (Å²) in [5.74, 6) is 0.790. The maximum Gasteiger partial charge on any atom is 0.145 e. The Morgan fingerprint density at radius 2 is 1.88 bits per heavy atom. The van der Waals surface area contributed by atoms with Gasteiger partial charge in [0.1, 0.15) is 24.6 Å². The number of halogens is 1. The lowest BCUT2D eigenvalue weighted by molar-refractivity contribution is 0.0212. The summed E-state index contributed by atoms with van der Waals surface area (Å²) in [6.45, 7) is 3.93. The van der Waals surface area contributed by atoms with E-state index in [0.717, 1.165) is 34.6 Å². The number of ether oxygens (including phenoxy) is 1. The summed E-state index contributed by atoms with van der Waals surface area (Å²) in [6.07, 6.45) is -0.00475. The van der Waals surface area contributed by atoms with Crippen LogP contribution in [-0.2, 0) is 11.4 Å². The van der Waals surface area contributed by atoms with E-state index in [4.69, 9.17) is 21.2 Å². The van der Waals surface area contributed by atoms with E-state index in [0.29, 0.717) is 24.7 Å². The molecule has 6 heteroatoms. The SMILES string of the molecule is Cc1ccccc1OC[C@H](O)CN(Cc1cccc(Cl)c1)C[C@@H]1CC(c2ccccc2)=NO1. The van der Waals surface area contributed by atoms with Crippen molar-refractivity contribution in [1.29, 1.82) is 0 Å². The molecule has 0 radical (unpaired) electrons. The van der Waals surface area contributed by atoms with E-state index in [1.807, 2.05) is 85.8 Å². The summed E-state index contributed by atoms with van der Waals surface area (Å²) in [5.41, 5.74) is 4.15. The molecule has 1 N–H and O–H groups in total. The van der Waals surface area contributed by atoms with E-state index >= 15 is 0 Å². The van der Waals surface area contributed by atoms with Gasteiger partial charge in [-0.05, 0) is 41.8 Å². The van der Waals surface area contributed by atoms with E-state index in [-0.39, 0.29) is 12.7 Å². The Hall–Kier alpha value is -2.86. The van der Waals surface area contributed by atoms with Crippen LogP contribution in [0.1, 0.15) is 23.1 Å². The van der Waals surface area contributed by atoms with E-state index in [1.54, 1.807) is 0 Å². The Morgan fingerprint density at radius 3 is 2.67 bits per heavy atom. The Labute approximate surface area is 200 Å². The Kier molecular flexibility index (Phi) is 8.00. The van der Waals surface area contributed by atoms with Gasteiger partial charge in [-0.3, -0.25) is 4.90 Å². The number of aliphatic hydroxyl groups is 1. The zero-order valence-electron chi connectivity index (χ0n) is 18.7. The van der Waals surface area contributed by atoms with Gasteiger partial charge < -0.3 is 14.7 Å². The number of hydrogen-bond donors (Lipinski definition) is 1. The van der Waals surface area contributed by atoms with Gasteiger partial charge in [0.2, 0.25) is 0 Å². The number of aliphatic hydroxyl groups excluding tert-OH is 1. The molecule has 3 aromatic carbocycles. The van der Waals surface area contributed by atoms with Gasteiger partial charge in [-0.25, -0.2) is 0 Å². The lowest BCUT2D eigenvalue weighted by atomic mass is 10.0. The maximum atomic E-state index is 10.7. The lowest BCUT2D eigenvalue weighted by Crippen LogP contribution is -2.39. The number of nitrogens with zero attached hydrogens (tertiary/aromatic N) is 2. The van der Waals surface area contributed by atoms with Crippen molar-refractivity contribution < 1.29 is 14.7 Å². The van der Waals surface area contributed by atoms with Crippen molar-refractivity contribution in [2.24, 2.45) is 5.16 Å². The predicted octanol–water partition coefficient (Wildman–Crippen LogP) is 5.08. The molecular formula is C27H29ClN2O3. The Bertz CT molecular complexity index is 1070. The first kappa shape index (κ1) is 23.3. The van der Waals surface area contributed by atoms with E-state index in [2.05, 4.69) is 10.1 Å². The van der Waals surface area contributed by atoms with Crippen molar-refractivity contribution in [3.8, 4) is 5.75 Å². The minimum Gasteiger partial charge on any atom is -0.491 e. The first-order valence-corrected chi connectivity index (χ1v) is 11.6. The maximum absolute atomic E-state index is 10.7. The zero-order valence-corrected chi connectivity index (χ0v) is 19.5. The quantitative estimate of drug-likeness (QED) is 0.454. The van der Waals surface area contributed by atoms with Crippen LogP contribution in [0.25, 0.3) is 0 Å². The van der Waals surface area contributed by atoms with Crippen LogP contribution in [0.2, 0.25) is 5.02 Å². The first-order chi connectivity index (χ1) is 16.1. The van der Waals surface area contributed by atoms with Crippen LogP contribution in [0.3, 0.4) is 0 Å². The third-order valence-corrected chi connectivity index (χ3v) is 5.83. The number of para-hydroxylation sites is 1. The van der Waals surface area contributed by atoms with E-state index in [1.165, 1.54) is 0 Å². The first-order valence-electron chi connectivity index (χ1n) is 11.2. The summed E-state index contributed by atoms with van der Waals surface area (Å²) >= 11 is 6.19. The summed E-state index contributed by atoms with van der Waals surface area (Å²) in [5, 5.41) is 15.8. The highest BCUT2D eigenvalue weighted by molar-refractivity contribution is 6.30. The van der Waals surface area contributed by atoms with Crippen molar-refractivity contribution in [3.63, 3.8) is 0 Å². The van der Waals surface area contributed by atoms with Crippen molar-refractivity contribution in [3.05, 3.63) is 101 Å². The summed E-state index contributed by atoms with van der Waals surface area (Å²) in [6, 6.07) is 25.7. The fourth-order valence-corrected chi connectivity index (χ4v) is 4.18. The van der Waals surface area contributed by atoms with Gasteiger partial charge in [-0.2, -0.15) is 0 Å². The van der Waals surface area contributed by atoms with Gasteiger partial charge in [0.05, 0.1) is 5.71 Å². The molecule has 5 nitrogen and oxygen atoms in total. The molecule has 0 saturated carbocycles. The molecule has 2 atom stereocenters. The van der Waals surface area contributed by atoms with Crippen molar-refractivity contribution in [1.82, 2.24) is 4.90 Å². The normalized spacial score (nSPS) is 16.4. The second-order valence-corrected chi connectivity index (χ2v) is 8.83. The number of oxime groups is 1. The molecule has 0 aliphatic carbocycles. The topological polar surface area (TPSA) is 54.3 Å². The highest BCUT2D eigenvalue weighted by atomic mass is 35.5. The number of hydrogen-bond acceptors (Lipinski definition) is 5. The molecule has 1 heterocycles. The van der Waals surface area contributed by atoms with E-state index in [9.17, 15) is 5.11 Å². The molecule has 0 fully saturated rings. The van der Waals surface area contributed by atoms with Crippen LogP contribution in [0, 0.1) is 6.92 Å². The molecule has 1 aliphatic rings. The van der Waals surface area contributed by atoms with Gasteiger partial charge >= 0.3 is 0 Å². The van der Waals surface area contributed by atoms with Crippen LogP contribution in [0.4, 0.5) is 0 Å². The molecule has 172 valence electrons. The molecule has 4 rings (SSSR count). The third kappa shape index (κ3) is 6.81. The number of rotatable bonds is 10. The monoisotopic (exact) mass is 464 g/mol. The van der Waals surface area contributed by atoms with Crippen LogP contribution >= 0.6 is 11.6 Å². The average Bonchev–Trinajstić information content (AvgIpc) is 3.27. The molecule has 0 spiro atoms. The van der Waals surface area contributed by atoms with Crippen LogP contribution < -0.4 is 4.74 Å². The molecule has 0 unspecified atom stereocenters. The average molecular weight is 465 g/mol. The second kappa shape index (κ2) is 11.3. The standard InChI is InChI=1S/C27H29ClN2O3/c1-20-8-5-6-13-27(20)32-19-24(31)17-30(16-21-9-7-12-23(28)14-21)18-25-15-26(29-33-25)22-10-3-2-4-11-22/h2-14,24-25,31H,15-19H2,1H3/t24-,25+/m1/s1. The number of benzene rings is 3. The van der Waals surface area contributed by atoms with Gasteiger partial charge in [0, 0.05) is 31.1 Å².